The van der Waals surface area contributed by atoms with Crippen LogP contribution < -0.4 is 5.73 Å². The van der Waals surface area contributed by atoms with Crippen LogP contribution in [0.25, 0.3) is 0 Å². The van der Waals surface area contributed by atoms with Crippen LogP contribution in [0.4, 0.5) is 0 Å². The van der Waals surface area contributed by atoms with Crippen molar-refractivity contribution in [3.8, 4) is 0 Å². The van der Waals surface area contributed by atoms with Gasteiger partial charge < -0.3 is 5.73 Å². The predicted octanol–water partition coefficient (Wildman–Crippen LogP) is 2.49. The normalized spacial score (nSPS) is 22.4. The van der Waals surface area contributed by atoms with Crippen LogP contribution in [0.1, 0.15) is 38.8 Å². The van der Waals surface area contributed by atoms with Gasteiger partial charge in [0, 0.05) is 44.3 Å². The van der Waals surface area contributed by atoms with Crippen LogP contribution in [-0.4, -0.2) is 48.1 Å². The monoisotopic (exact) mass is 275 g/mol. The highest BCUT2D eigenvalue weighted by Gasteiger charge is 2.28. The number of nitrogens with zero attached hydrogens (tertiary/aromatic N) is 2. The van der Waals surface area contributed by atoms with E-state index >= 15 is 0 Å². The average Bonchev–Trinajstić information content (AvgIpc) is 2.48. The molecule has 0 saturated carbocycles. The lowest BCUT2D eigenvalue weighted by Gasteiger charge is -2.42. The molecule has 1 saturated heterocycles. The predicted molar refractivity (Wildman–Crippen MR) is 85.7 cm³/mol. The van der Waals surface area contributed by atoms with Crippen molar-refractivity contribution in [3.63, 3.8) is 0 Å². The van der Waals surface area contributed by atoms with E-state index in [9.17, 15) is 0 Å². The summed E-state index contributed by atoms with van der Waals surface area (Å²) in [4.78, 5) is 5.15. The highest BCUT2D eigenvalue weighted by Crippen LogP contribution is 2.25. The van der Waals surface area contributed by atoms with Crippen LogP contribution in [0.15, 0.2) is 30.3 Å². The number of piperazine rings is 1. The first-order chi connectivity index (χ1) is 9.63. The Bertz CT molecular complexity index is 382. The van der Waals surface area contributed by atoms with Crippen molar-refractivity contribution >= 4 is 0 Å². The van der Waals surface area contributed by atoms with Crippen LogP contribution in [0, 0.1) is 0 Å². The molecule has 0 aromatic heterocycles. The van der Waals surface area contributed by atoms with Gasteiger partial charge in [-0.2, -0.15) is 0 Å². The minimum absolute atomic E-state index is 0.160. The van der Waals surface area contributed by atoms with Gasteiger partial charge in [0.25, 0.3) is 0 Å². The third kappa shape index (κ3) is 3.60. The molecule has 1 aliphatic heterocycles. The molecule has 112 valence electrons. The molecule has 0 radical (unpaired) electrons. The van der Waals surface area contributed by atoms with Gasteiger partial charge in [0.05, 0.1) is 0 Å². The highest BCUT2D eigenvalue weighted by molar-refractivity contribution is 5.20. The third-order valence-corrected chi connectivity index (χ3v) is 4.60. The second kappa shape index (κ2) is 7.21. The van der Waals surface area contributed by atoms with Gasteiger partial charge in [-0.05, 0) is 25.8 Å². The number of hydrogen-bond donors (Lipinski definition) is 1. The van der Waals surface area contributed by atoms with Gasteiger partial charge in [-0.1, -0.05) is 37.3 Å². The van der Waals surface area contributed by atoms with Gasteiger partial charge in [0.15, 0.2) is 0 Å². The van der Waals surface area contributed by atoms with Gasteiger partial charge in [0.2, 0.25) is 0 Å². The molecule has 1 aliphatic rings. The van der Waals surface area contributed by atoms with Gasteiger partial charge in [0.1, 0.15) is 0 Å². The van der Waals surface area contributed by atoms with Gasteiger partial charge >= 0.3 is 0 Å². The lowest BCUT2D eigenvalue weighted by Crippen LogP contribution is -2.52. The molecular formula is C17H29N3. The fourth-order valence-corrected chi connectivity index (χ4v) is 3.21. The molecule has 3 atom stereocenters. The Morgan fingerprint density at radius 1 is 1.00 bits per heavy atom. The van der Waals surface area contributed by atoms with E-state index in [2.05, 4.69) is 60.9 Å². The first-order valence-corrected chi connectivity index (χ1v) is 7.92. The van der Waals surface area contributed by atoms with E-state index in [0.29, 0.717) is 12.1 Å². The average molecular weight is 275 g/mol. The summed E-state index contributed by atoms with van der Waals surface area (Å²) in [5, 5.41) is 0. The maximum absolute atomic E-state index is 6.26. The van der Waals surface area contributed by atoms with Gasteiger partial charge in [-0.15, -0.1) is 0 Å². The summed E-state index contributed by atoms with van der Waals surface area (Å²) >= 11 is 0. The van der Waals surface area contributed by atoms with Crippen LogP contribution in [0.3, 0.4) is 0 Å². The van der Waals surface area contributed by atoms with Crippen molar-refractivity contribution in [1.29, 1.82) is 0 Å². The van der Waals surface area contributed by atoms with Crippen LogP contribution >= 0.6 is 0 Å². The zero-order chi connectivity index (χ0) is 14.5. The second-order valence-corrected chi connectivity index (χ2v) is 6.04. The lowest BCUT2D eigenvalue weighted by molar-refractivity contribution is 0.0653. The quantitative estimate of drug-likeness (QED) is 0.896. The molecule has 3 unspecified atom stereocenters. The molecule has 0 spiro atoms. The molecular weight excluding hydrogens is 246 g/mol. The van der Waals surface area contributed by atoms with E-state index in [1.807, 2.05) is 0 Å². The first-order valence-electron chi connectivity index (χ1n) is 7.92. The Labute approximate surface area is 123 Å². The number of rotatable bonds is 5. The minimum atomic E-state index is 0.160. The Morgan fingerprint density at radius 3 is 2.05 bits per heavy atom. The molecule has 3 nitrogen and oxygen atoms in total. The zero-order valence-electron chi connectivity index (χ0n) is 13.1. The summed E-state index contributed by atoms with van der Waals surface area (Å²) in [6.45, 7) is 11.3. The number of benzene rings is 1. The molecule has 3 heteroatoms. The molecule has 2 rings (SSSR count). The smallest absolute Gasteiger partial charge is 0.0497 e. The molecule has 20 heavy (non-hydrogen) atoms. The highest BCUT2D eigenvalue weighted by atomic mass is 15.3. The zero-order valence-corrected chi connectivity index (χ0v) is 13.1. The first kappa shape index (κ1) is 15.5. The van der Waals surface area contributed by atoms with E-state index in [0.717, 1.165) is 26.2 Å². The van der Waals surface area contributed by atoms with Crippen molar-refractivity contribution in [1.82, 2.24) is 9.80 Å². The van der Waals surface area contributed by atoms with Gasteiger partial charge in [-0.25, -0.2) is 0 Å². The van der Waals surface area contributed by atoms with Crippen LogP contribution in [0.2, 0.25) is 0 Å². The van der Waals surface area contributed by atoms with Crippen LogP contribution in [-0.2, 0) is 0 Å². The van der Waals surface area contributed by atoms with E-state index in [4.69, 9.17) is 5.73 Å². The maximum Gasteiger partial charge on any atom is 0.0497 e. The van der Waals surface area contributed by atoms with Gasteiger partial charge in [-0.3, -0.25) is 9.80 Å². The van der Waals surface area contributed by atoms with Crippen molar-refractivity contribution < 1.29 is 0 Å². The fourth-order valence-electron chi connectivity index (χ4n) is 3.21. The summed E-state index contributed by atoms with van der Waals surface area (Å²) in [5.74, 6) is 0. The SMILES string of the molecule is CCC(C)N1CCN(C(c2ccccc2)C(C)N)CC1. The summed E-state index contributed by atoms with van der Waals surface area (Å²) in [7, 11) is 0. The summed E-state index contributed by atoms with van der Waals surface area (Å²) < 4.78 is 0. The maximum atomic E-state index is 6.26. The Morgan fingerprint density at radius 2 is 1.55 bits per heavy atom. The second-order valence-electron chi connectivity index (χ2n) is 6.04. The molecule has 1 aromatic carbocycles. The van der Waals surface area contributed by atoms with Crippen molar-refractivity contribution in [2.75, 3.05) is 26.2 Å². The molecule has 1 fully saturated rings. The minimum Gasteiger partial charge on any atom is -0.326 e. The third-order valence-electron chi connectivity index (χ3n) is 4.60. The van der Waals surface area contributed by atoms with E-state index in [1.54, 1.807) is 0 Å². The molecule has 1 aromatic rings. The topological polar surface area (TPSA) is 32.5 Å². The molecule has 0 aliphatic carbocycles. The standard InChI is InChI=1S/C17H29N3/c1-4-14(2)19-10-12-20(13-11-19)17(15(3)18)16-8-6-5-7-9-16/h5-9,14-15,17H,4,10-13,18H2,1-3H3. The van der Waals surface area contributed by atoms with E-state index in [1.165, 1.54) is 12.0 Å². The molecule has 2 N–H and O–H groups in total. The van der Waals surface area contributed by atoms with Crippen molar-refractivity contribution in [2.24, 2.45) is 5.73 Å². The molecule has 1 heterocycles. The lowest BCUT2D eigenvalue weighted by atomic mass is 9.98. The number of nitrogens with two attached hydrogens (primary N) is 1. The van der Waals surface area contributed by atoms with Crippen molar-refractivity contribution in [2.45, 2.75) is 45.3 Å². The number of hydrogen-bond acceptors (Lipinski definition) is 3. The Balaban J connectivity index is 2.03. The summed E-state index contributed by atoms with van der Waals surface area (Å²) in [5.41, 5.74) is 7.61. The Kier molecular flexibility index (Phi) is 5.58. The molecule has 0 bridgehead atoms. The largest absolute Gasteiger partial charge is 0.326 e. The van der Waals surface area contributed by atoms with Crippen LogP contribution in [0.5, 0.6) is 0 Å². The van der Waals surface area contributed by atoms with Crippen molar-refractivity contribution in [3.05, 3.63) is 35.9 Å². The fraction of sp³-hybridized carbons (Fsp3) is 0.647. The summed E-state index contributed by atoms with van der Waals surface area (Å²) in [6, 6.07) is 11.9. The summed E-state index contributed by atoms with van der Waals surface area (Å²) in [6.07, 6.45) is 1.23. The van der Waals surface area contributed by atoms with E-state index < -0.39 is 0 Å². The van der Waals surface area contributed by atoms with E-state index in [-0.39, 0.29) is 6.04 Å². The molecule has 0 amide bonds. The Hall–Kier alpha value is -0.900.